The van der Waals surface area contributed by atoms with Crippen LogP contribution in [0.3, 0.4) is 0 Å². The number of rotatable bonds is 4. The average molecular weight is 176 g/mol. The Labute approximate surface area is 68.3 Å². The van der Waals surface area contributed by atoms with Gasteiger partial charge >= 0.3 is 5.97 Å². The molecule has 0 bridgehead atoms. The summed E-state index contributed by atoms with van der Waals surface area (Å²) in [5.41, 5.74) is 0. The fourth-order valence-corrected chi connectivity index (χ4v) is 2.52. The van der Waals surface area contributed by atoms with Gasteiger partial charge in [0, 0.05) is 21.3 Å². The van der Waals surface area contributed by atoms with E-state index in [0.717, 1.165) is 12.8 Å². The van der Waals surface area contributed by atoms with Crippen molar-refractivity contribution in [1.82, 2.24) is 0 Å². The zero-order valence-corrected chi connectivity index (χ0v) is 7.26. The monoisotopic (exact) mass is 176 g/mol. The lowest BCUT2D eigenvalue weighted by molar-refractivity contribution is -0.136. The Bertz CT molecular complexity index is 186. The first-order valence-corrected chi connectivity index (χ1v) is 5.00. The van der Waals surface area contributed by atoms with Crippen LogP contribution in [0.2, 0.25) is 0 Å². The summed E-state index contributed by atoms with van der Waals surface area (Å²) in [6, 6.07) is 0. The van der Waals surface area contributed by atoms with E-state index >= 15 is 0 Å². The number of carboxylic acid groups (broad SMARTS) is 1. The van der Waals surface area contributed by atoms with Gasteiger partial charge in [-0.1, -0.05) is 6.92 Å². The molecular formula is C7H12O3S. The van der Waals surface area contributed by atoms with Gasteiger partial charge < -0.3 is 5.11 Å². The van der Waals surface area contributed by atoms with E-state index in [1.807, 2.05) is 0 Å². The first-order chi connectivity index (χ1) is 5.11. The number of carboxylic acids is 1. The van der Waals surface area contributed by atoms with Crippen LogP contribution in [0.25, 0.3) is 0 Å². The maximum absolute atomic E-state index is 11.3. The topological polar surface area (TPSA) is 54.4 Å². The van der Waals surface area contributed by atoms with E-state index < -0.39 is 16.8 Å². The highest BCUT2D eigenvalue weighted by atomic mass is 32.2. The Morgan fingerprint density at radius 3 is 2.64 bits per heavy atom. The molecule has 0 heterocycles. The second-order valence-corrected chi connectivity index (χ2v) is 5.06. The van der Waals surface area contributed by atoms with Crippen molar-refractivity contribution in [3.05, 3.63) is 0 Å². The fourth-order valence-electron chi connectivity index (χ4n) is 0.957. The first kappa shape index (κ1) is 8.71. The third-order valence-electron chi connectivity index (χ3n) is 1.71. The van der Waals surface area contributed by atoms with E-state index in [1.165, 1.54) is 0 Å². The predicted molar refractivity (Wildman–Crippen MR) is 42.9 cm³/mol. The molecule has 0 amide bonds. The van der Waals surface area contributed by atoms with Crippen LogP contribution < -0.4 is 0 Å². The first-order valence-electron chi connectivity index (χ1n) is 3.72. The molecule has 0 aromatic heterocycles. The van der Waals surface area contributed by atoms with Gasteiger partial charge in [-0.2, -0.15) is 0 Å². The molecule has 1 aliphatic carbocycles. The van der Waals surface area contributed by atoms with Crippen LogP contribution in [0.5, 0.6) is 0 Å². The Morgan fingerprint density at radius 1 is 1.73 bits per heavy atom. The Balaban J connectivity index is 2.33. The Kier molecular flexibility index (Phi) is 2.65. The van der Waals surface area contributed by atoms with Crippen LogP contribution in [0.1, 0.15) is 26.2 Å². The van der Waals surface area contributed by atoms with E-state index in [-0.39, 0.29) is 11.7 Å². The molecule has 1 rings (SSSR count). The fraction of sp³-hybridized carbons (Fsp3) is 0.857. The summed E-state index contributed by atoms with van der Waals surface area (Å²) in [6.45, 7) is 1.74. The molecule has 11 heavy (non-hydrogen) atoms. The summed E-state index contributed by atoms with van der Waals surface area (Å²) < 4.78 is 11.3. The van der Waals surface area contributed by atoms with Crippen LogP contribution in [0, 0.1) is 0 Å². The van der Waals surface area contributed by atoms with Crippen molar-refractivity contribution in [3.63, 3.8) is 0 Å². The summed E-state index contributed by atoms with van der Waals surface area (Å²) in [4.78, 5) is 10.2. The molecule has 2 atom stereocenters. The van der Waals surface area contributed by atoms with Gasteiger partial charge in [-0.25, -0.2) is 0 Å². The minimum Gasteiger partial charge on any atom is -0.481 e. The molecule has 64 valence electrons. The second-order valence-electron chi connectivity index (χ2n) is 2.94. The van der Waals surface area contributed by atoms with E-state index in [2.05, 4.69) is 0 Å². The molecule has 0 aromatic carbocycles. The SMILES string of the molecule is CC(CC(=O)O)S(=O)C1CC1. The summed E-state index contributed by atoms with van der Waals surface area (Å²) in [5.74, 6) is -0.855. The summed E-state index contributed by atoms with van der Waals surface area (Å²) in [7, 11) is -0.907. The van der Waals surface area contributed by atoms with E-state index in [9.17, 15) is 9.00 Å². The van der Waals surface area contributed by atoms with Gasteiger partial charge in [0.1, 0.15) is 0 Å². The van der Waals surface area contributed by atoms with Crippen molar-refractivity contribution < 1.29 is 14.1 Å². The third kappa shape index (κ3) is 2.61. The molecule has 1 fully saturated rings. The van der Waals surface area contributed by atoms with Crippen LogP contribution in [-0.2, 0) is 15.6 Å². The number of carbonyl (C=O) groups is 1. The normalized spacial score (nSPS) is 22.6. The van der Waals surface area contributed by atoms with E-state index in [4.69, 9.17) is 5.11 Å². The van der Waals surface area contributed by atoms with Gasteiger partial charge in [-0.05, 0) is 12.8 Å². The molecule has 1 saturated carbocycles. The molecule has 0 saturated heterocycles. The van der Waals surface area contributed by atoms with Crippen molar-refractivity contribution in [2.75, 3.05) is 0 Å². The number of hydrogen-bond donors (Lipinski definition) is 1. The van der Waals surface area contributed by atoms with Gasteiger partial charge in [0.15, 0.2) is 0 Å². The van der Waals surface area contributed by atoms with Gasteiger partial charge in [-0.3, -0.25) is 9.00 Å². The lowest BCUT2D eigenvalue weighted by Crippen LogP contribution is -2.18. The standard InChI is InChI=1S/C7H12O3S/c1-5(4-7(8)9)11(10)6-2-3-6/h5-6H,2-4H2,1H3,(H,8,9). The van der Waals surface area contributed by atoms with Crippen molar-refractivity contribution in [3.8, 4) is 0 Å². The largest absolute Gasteiger partial charge is 0.481 e. The van der Waals surface area contributed by atoms with Crippen molar-refractivity contribution in [2.24, 2.45) is 0 Å². The van der Waals surface area contributed by atoms with Crippen LogP contribution in [0.15, 0.2) is 0 Å². The molecule has 0 radical (unpaired) electrons. The summed E-state index contributed by atoms with van der Waals surface area (Å²) in [6.07, 6.45) is 2.05. The van der Waals surface area contributed by atoms with Gasteiger partial charge in [0.25, 0.3) is 0 Å². The van der Waals surface area contributed by atoms with E-state index in [0.29, 0.717) is 5.25 Å². The quantitative estimate of drug-likeness (QED) is 0.688. The Morgan fingerprint density at radius 2 is 2.27 bits per heavy atom. The van der Waals surface area contributed by atoms with Crippen molar-refractivity contribution in [1.29, 1.82) is 0 Å². The zero-order chi connectivity index (χ0) is 8.43. The van der Waals surface area contributed by atoms with Crippen LogP contribution >= 0.6 is 0 Å². The highest BCUT2D eigenvalue weighted by Gasteiger charge is 2.32. The highest BCUT2D eigenvalue weighted by molar-refractivity contribution is 7.86. The van der Waals surface area contributed by atoms with Crippen LogP contribution in [-0.4, -0.2) is 25.8 Å². The smallest absolute Gasteiger partial charge is 0.304 e. The second kappa shape index (κ2) is 3.34. The van der Waals surface area contributed by atoms with E-state index in [1.54, 1.807) is 6.92 Å². The minimum absolute atomic E-state index is 0.0309. The summed E-state index contributed by atoms with van der Waals surface area (Å²) >= 11 is 0. The summed E-state index contributed by atoms with van der Waals surface area (Å²) in [5, 5.41) is 8.52. The highest BCUT2D eigenvalue weighted by Crippen LogP contribution is 2.28. The molecule has 0 aliphatic heterocycles. The Hall–Kier alpha value is -0.380. The maximum Gasteiger partial charge on any atom is 0.304 e. The minimum atomic E-state index is -0.907. The van der Waals surface area contributed by atoms with Gasteiger partial charge in [-0.15, -0.1) is 0 Å². The molecule has 4 heteroatoms. The lowest BCUT2D eigenvalue weighted by Gasteiger charge is -2.06. The molecule has 0 aromatic rings. The van der Waals surface area contributed by atoms with Gasteiger partial charge in [0.2, 0.25) is 0 Å². The average Bonchev–Trinajstić information content (AvgIpc) is 2.65. The van der Waals surface area contributed by atoms with Crippen molar-refractivity contribution >= 4 is 16.8 Å². The van der Waals surface area contributed by atoms with Gasteiger partial charge in [0.05, 0.1) is 6.42 Å². The molecular weight excluding hydrogens is 164 g/mol. The molecule has 0 spiro atoms. The van der Waals surface area contributed by atoms with Crippen LogP contribution in [0.4, 0.5) is 0 Å². The third-order valence-corrected chi connectivity index (χ3v) is 3.80. The van der Waals surface area contributed by atoms with Crippen molar-refractivity contribution in [2.45, 2.75) is 36.7 Å². The lowest BCUT2D eigenvalue weighted by atomic mass is 10.3. The molecule has 1 aliphatic rings. The molecule has 2 unspecified atom stereocenters. The zero-order valence-electron chi connectivity index (χ0n) is 6.45. The molecule has 1 N–H and O–H groups in total. The number of aliphatic carboxylic acids is 1. The number of hydrogen-bond acceptors (Lipinski definition) is 2. The molecule has 3 nitrogen and oxygen atoms in total. The predicted octanol–water partition coefficient (Wildman–Crippen LogP) is 0.761. The maximum atomic E-state index is 11.3.